The molecule has 0 saturated heterocycles. The highest BCUT2D eigenvalue weighted by Crippen LogP contribution is 2.42. The number of ether oxygens (including phenoxy) is 2. The molecule has 8 nitrogen and oxygen atoms in total. The van der Waals surface area contributed by atoms with Gasteiger partial charge in [-0.15, -0.1) is 0 Å². The van der Waals surface area contributed by atoms with E-state index in [4.69, 9.17) is 14.0 Å². The topological polar surface area (TPSA) is 108 Å². The van der Waals surface area contributed by atoms with Crippen LogP contribution in [0.1, 0.15) is 129 Å². The lowest BCUT2D eigenvalue weighted by Crippen LogP contribution is -2.29. The number of unbranched alkanes of at least 4 members (excludes halogenated alkanes) is 6. The van der Waals surface area contributed by atoms with Crippen molar-refractivity contribution in [1.29, 1.82) is 0 Å². The van der Waals surface area contributed by atoms with Crippen molar-refractivity contribution in [3.05, 3.63) is 97.2 Å². The molecule has 0 aromatic rings. The lowest BCUT2D eigenvalue weighted by atomic mass is 10.1. The third-order valence-corrected chi connectivity index (χ3v) is 8.26. The third kappa shape index (κ3) is 36.6. The van der Waals surface area contributed by atoms with Crippen molar-refractivity contribution in [2.75, 3.05) is 20.3 Å². The average Bonchev–Trinajstić information content (AvgIpc) is 3.12. The van der Waals surface area contributed by atoms with Crippen LogP contribution in [0.15, 0.2) is 97.2 Å². The summed E-state index contributed by atoms with van der Waals surface area (Å²) in [6.07, 6.45) is 48.9. The molecular formula is C42H67O8P. The zero-order chi connectivity index (χ0) is 37.5. The molecule has 0 radical (unpaired) electrons. The van der Waals surface area contributed by atoms with E-state index in [9.17, 15) is 19.0 Å². The van der Waals surface area contributed by atoms with Crippen molar-refractivity contribution in [3.8, 4) is 0 Å². The number of hydrogen-bond acceptors (Lipinski definition) is 7. The fourth-order valence-corrected chi connectivity index (χ4v) is 4.92. The number of carbonyl (C=O) groups is 2. The quantitative estimate of drug-likeness (QED) is 0.0308. The van der Waals surface area contributed by atoms with Gasteiger partial charge in [0.05, 0.1) is 6.61 Å². The summed E-state index contributed by atoms with van der Waals surface area (Å²) in [4.78, 5) is 34.3. The Kier molecular flexibility index (Phi) is 34.6. The van der Waals surface area contributed by atoms with Gasteiger partial charge in [0.25, 0.3) is 0 Å². The van der Waals surface area contributed by atoms with Gasteiger partial charge in [0.15, 0.2) is 6.10 Å². The van der Waals surface area contributed by atoms with Crippen LogP contribution in [0.3, 0.4) is 0 Å². The van der Waals surface area contributed by atoms with E-state index in [1.165, 1.54) is 0 Å². The summed E-state index contributed by atoms with van der Waals surface area (Å²) in [5.74, 6) is -0.889. The molecule has 0 aromatic heterocycles. The molecule has 0 rings (SSSR count). The van der Waals surface area contributed by atoms with Crippen LogP contribution in [-0.4, -0.2) is 43.3 Å². The molecular weight excluding hydrogens is 663 g/mol. The molecule has 0 fully saturated rings. The van der Waals surface area contributed by atoms with E-state index in [1.54, 1.807) is 0 Å². The Morgan fingerprint density at radius 1 is 0.549 bits per heavy atom. The first-order valence-corrected chi connectivity index (χ1v) is 20.4. The molecule has 0 aromatic carbocycles. The third-order valence-electron chi connectivity index (χ3n) is 7.32. The molecule has 0 bridgehead atoms. The molecule has 0 saturated carbocycles. The number of phosphoric ester groups is 1. The van der Waals surface area contributed by atoms with E-state index in [0.29, 0.717) is 12.8 Å². The first kappa shape index (κ1) is 48.0. The highest BCUT2D eigenvalue weighted by Gasteiger charge is 2.24. The van der Waals surface area contributed by atoms with Crippen LogP contribution in [0, 0.1) is 0 Å². The van der Waals surface area contributed by atoms with Crippen LogP contribution in [0.4, 0.5) is 0 Å². The Morgan fingerprint density at radius 3 is 1.35 bits per heavy atom. The van der Waals surface area contributed by atoms with Crippen molar-refractivity contribution in [2.24, 2.45) is 0 Å². The fourth-order valence-electron chi connectivity index (χ4n) is 4.46. The number of esters is 2. The standard InChI is InChI=1S/C42H67O8P/c1-4-6-8-10-12-14-16-18-19-20-21-22-23-25-27-29-31-33-35-37-42(44)50-40(39-49-51(45,46)47-3)38-48-41(43)36-34-32-30-28-26-24-17-15-13-11-9-7-5-2/h6-9,12-15,18-19,21-22,24-27,40H,4-5,10-11,16-17,20,23,28-39H2,1-3H3,(H,45,46)/b8-6-,9-7-,14-12-,15-13-,19-18-,22-21-,26-24-,27-25-. The van der Waals surface area contributed by atoms with Gasteiger partial charge in [-0.25, -0.2) is 4.57 Å². The Labute approximate surface area is 309 Å². The van der Waals surface area contributed by atoms with Gasteiger partial charge < -0.3 is 14.4 Å². The Balaban J connectivity index is 4.20. The number of carbonyl (C=O) groups excluding carboxylic acids is 2. The second-order valence-electron chi connectivity index (χ2n) is 11.9. The smallest absolute Gasteiger partial charge is 0.462 e. The SMILES string of the molecule is CC/C=C\C/C=C\C/C=C\C/C=C\C/C=C\CCCCCC(=O)OC(COC(=O)CCCCC/C=C\C/C=C\C/C=C\CC)COP(=O)(O)OC. The fraction of sp³-hybridized carbons (Fsp3) is 0.571. The zero-order valence-corrected chi connectivity index (χ0v) is 32.6. The number of allylic oxidation sites excluding steroid dienone is 16. The minimum absolute atomic E-state index is 0.193. The number of hydrogen-bond donors (Lipinski definition) is 1. The van der Waals surface area contributed by atoms with Crippen LogP contribution in [-0.2, 0) is 32.7 Å². The minimum atomic E-state index is -4.28. The van der Waals surface area contributed by atoms with Crippen molar-refractivity contribution in [1.82, 2.24) is 0 Å². The zero-order valence-electron chi connectivity index (χ0n) is 31.7. The molecule has 288 valence electrons. The highest BCUT2D eigenvalue weighted by atomic mass is 31.2. The van der Waals surface area contributed by atoms with Crippen molar-refractivity contribution in [2.45, 2.75) is 136 Å². The molecule has 1 N–H and O–H groups in total. The molecule has 0 amide bonds. The molecule has 9 heteroatoms. The molecule has 2 atom stereocenters. The second-order valence-corrected chi connectivity index (χ2v) is 13.5. The summed E-state index contributed by atoms with van der Waals surface area (Å²) in [5.41, 5.74) is 0. The van der Waals surface area contributed by atoms with E-state index < -0.39 is 32.5 Å². The van der Waals surface area contributed by atoms with Crippen LogP contribution in [0.25, 0.3) is 0 Å². The average molecular weight is 731 g/mol. The monoisotopic (exact) mass is 730 g/mol. The lowest BCUT2D eigenvalue weighted by molar-refractivity contribution is -0.161. The first-order valence-electron chi connectivity index (χ1n) is 18.9. The predicted molar refractivity (Wildman–Crippen MR) is 211 cm³/mol. The van der Waals surface area contributed by atoms with Gasteiger partial charge in [0, 0.05) is 20.0 Å². The van der Waals surface area contributed by atoms with Gasteiger partial charge in [-0.2, -0.15) is 0 Å². The summed E-state index contributed by atoms with van der Waals surface area (Å²) in [6.45, 7) is 3.57. The van der Waals surface area contributed by atoms with Crippen LogP contribution < -0.4 is 0 Å². The van der Waals surface area contributed by atoms with Crippen molar-refractivity contribution >= 4 is 19.8 Å². The van der Waals surface area contributed by atoms with Crippen molar-refractivity contribution < 1.29 is 37.6 Å². The summed E-state index contributed by atoms with van der Waals surface area (Å²) in [6, 6.07) is 0. The maximum atomic E-state index is 12.5. The summed E-state index contributed by atoms with van der Waals surface area (Å²) >= 11 is 0. The Hall–Kier alpha value is -3.03. The van der Waals surface area contributed by atoms with E-state index in [2.05, 4.69) is 116 Å². The van der Waals surface area contributed by atoms with Gasteiger partial charge in [-0.1, -0.05) is 124 Å². The lowest BCUT2D eigenvalue weighted by Gasteiger charge is -2.19. The Bertz CT molecular complexity index is 1150. The largest absolute Gasteiger partial charge is 0.472 e. The maximum absolute atomic E-state index is 12.5. The highest BCUT2D eigenvalue weighted by molar-refractivity contribution is 7.47. The summed E-state index contributed by atoms with van der Waals surface area (Å²) < 4.78 is 31.8. The van der Waals surface area contributed by atoms with Gasteiger partial charge in [0.2, 0.25) is 0 Å². The normalized spacial score (nSPS) is 14.5. The molecule has 0 heterocycles. The molecule has 0 aliphatic rings. The van der Waals surface area contributed by atoms with Crippen LogP contribution in [0.5, 0.6) is 0 Å². The van der Waals surface area contributed by atoms with E-state index in [1.807, 2.05) is 0 Å². The maximum Gasteiger partial charge on any atom is 0.472 e. The van der Waals surface area contributed by atoms with Crippen LogP contribution in [0.2, 0.25) is 0 Å². The van der Waals surface area contributed by atoms with Gasteiger partial charge in [0.1, 0.15) is 6.61 Å². The van der Waals surface area contributed by atoms with Crippen molar-refractivity contribution in [3.63, 3.8) is 0 Å². The molecule has 51 heavy (non-hydrogen) atoms. The van der Waals surface area contributed by atoms with E-state index in [0.717, 1.165) is 97.0 Å². The number of phosphoric acid groups is 1. The minimum Gasteiger partial charge on any atom is -0.462 e. The number of rotatable bonds is 33. The van der Waals surface area contributed by atoms with Gasteiger partial charge >= 0.3 is 19.8 Å². The van der Waals surface area contributed by atoms with Gasteiger partial charge in [-0.05, 0) is 89.9 Å². The second kappa shape index (κ2) is 36.8. The molecule has 0 aliphatic carbocycles. The molecule has 0 aliphatic heterocycles. The first-order chi connectivity index (χ1) is 24.8. The predicted octanol–water partition coefficient (Wildman–Crippen LogP) is 11.7. The van der Waals surface area contributed by atoms with Crippen LogP contribution >= 0.6 is 7.82 Å². The molecule has 2 unspecified atom stereocenters. The van der Waals surface area contributed by atoms with E-state index in [-0.39, 0.29) is 19.4 Å². The molecule has 0 spiro atoms. The Morgan fingerprint density at radius 2 is 0.941 bits per heavy atom. The van der Waals surface area contributed by atoms with E-state index >= 15 is 0 Å². The summed E-state index contributed by atoms with van der Waals surface area (Å²) in [5, 5.41) is 0. The van der Waals surface area contributed by atoms with Gasteiger partial charge in [-0.3, -0.25) is 18.6 Å². The summed E-state index contributed by atoms with van der Waals surface area (Å²) in [7, 11) is -3.24.